The zero-order valence-electron chi connectivity index (χ0n) is 20.9. The smallest absolute Gasteiger partial charge is 0.271 e. The van der Waals surface area contributed by atoms with E-state index in [1.807, 2.05) is 54.0 Å². The number of methoxy groups -OCH3 is 1. The maximum absolute atomic E-state index is 14.0. The molecule has 192 valence electrons. The Hall–Kier alpha value is -3.37. The van der Waals surface area contributed by atoms with E-state index < -0.39 is 0 Å². The van der Waals surface area contributed by atoms with Crippen molar-refractivity contribution in [2.45, 2.75) is 25.8 Å². The molecule has 0 radical (unpaired) electrons. The highest BCUT2D eigenvalue weighted by Gasteiger charge is 2.34. The van der Waals surface area contributed by atoms with Gasteiger partial charge in [0.2, 0.25) is 0 Å². The minimum Gasteiger partial charge on any atom is -0.504 e. The van der Waals surface area contributed by atoms with Gasteiger partial charge in [0, 0.05) is 11.1 Å². The van der Waals surface area contributed by atoms with Crippen LogP contribution >= 0.6 is 33.9 Å². The Morgan fingerprint density at radius 3 is 2.74 bits per heavy atom. The molecule has 6 rings (SSSR count). The molecule has 1 aromatic heterocycles. The minimum atomic E-state index is -0.313. The fraction of sp³-hybridized carbons (Fsp3) is 0.200. The molecular formula is C30H25IN2O4S. The molecule has 1 N–H and O–H groups in total. The van der Waals surface area contributed by atoms with Gasteiger partial charge < -0.3 is 14.6 Å². The monoisotopic (exact) mass is 636 g/mol. The highest BCUT2D eigenvalue weighted by atomic mass is 127. The van der Waals surface area contributed by atoms with E-state index in [2.05, 4.69) is 40.8 Å². The van der Waals surface area contributed by atoms with E-state index in [1.54, 1.807) is 13.2 Å². The van der Waals surface area contributed by atoms with E-state index in [4.69, 9.17) is 14.5 Å². The van der Waals surface area contributed by atoms with Crippen molar-refractivity contribution in [3.05, 3.63) is 112 Å². The van der Waals surface area contributed by atoms with E-state index in [0.29, 0.717) is 25.3 Å². The topological polar surface area (TPSA) is 73.0 Å². The molecule has 0 bridgehead atoms. The first-order valence-electron chi connectivity index (χ1n) is 12.4. The lowest BCUT2D eigenvalue weighted by Crippen LogP contribution is -2.39. The molecule has 2 heterocycles. The molecule has 0 amide bonds. The molecule has 0 saturated heterocycles. The van der Waals surface area contributed by atoms with Gasteiger partial charge in [-0.25, -0.2) is 4.99 Å². The number of aryl methyl sites for hydroxylation is 1. The third kappa shape index (κ3) is 4.16. The van der Waals surface area contributed by atoms with Crippen LogP contribution in [0.25, 0.3) is 11.8 Å². The number of phenolic OH excluding ortho intramolecular Hbond substituents is 1. The predicted octanol–water partition coefficient (Wildman–Crippen LogP) is 5.04. The molecule has 0 unspecified atom stereocenters. The van der Waals surface area contributed by atoms with Gasteiger partial charge in [-0.1, -0.05) is 53.8 Å². The van der Waals surface area contributed by atoms with Crippen LogP contribution in [0.3, 0.4) is 0 Å². The van der Waals surface area contributed by atoms with Crippen molar-refractivity contribution in [1.29, 1.82) is 0 Å². The fourth-order valence-corrected chi connectivity index (χ4v) is 6.91. The third-order valence-corrected chi connectivity index (χ3v) is 8.76. The molecule has 1 aliphatic carbocycles. The van der Waals surface area contributed by atoms with E-state index in [1.165, 1.54) is 16.9 Å². The van der Waals surface area contributed by atoms with Crippen LogP contribution in [0.2, 0.25) is 0 Å². The van der Waals surface area contributed by atoms with Crippen molar-refractivity contribution in [3.8, 4) is 17.2 Å². The summed E-state index contributed by atoms with van der Waals surface area (Å²) in [7, 11) is 1.66. The number of ether oxygens (including phenoxy) is 2. The zero-order chi connectivity index (χ0) is 26.4. The Labute approximate surface area is 237 Å². The lowest BCUT2D eigenvalue weighted by atomic mass is 9.83. The van der Waals surface area contributed by atoms with Crippen molar-refractivity contribution in [3.63, 3.8) is 0 Å². The van der Waals surface area contributed by atoms with Gasteiger partial charge in [-0.3, -0.25) is 9.36 Å². The summed E-state index contributed by atoms with van der Waals surface area (Å²) in [6, 6.07) is 19.6. The number of rotatable bonds is 5. The van der Waals surface area contributed by atoms with Crippen molar-refractivity contribution in [2.24, 2.45) is 4.99 Å². The van der Waals surface area contributed by atoms with Crippen LogP contribution in [0.5, 0.6) is 17.2 Å². The highest BCUT2D eigenvalue weighted by molar-refractivity contribution is 14.1. The van der Waals surface area contributed by atoms with Gasteiger partial charge in [0.15, 0.2) is 16.3 Å². The van der Waals surface area contributed by atoms with Gasteiger partial charge >= 0.3 is 0 Å². The second-order valence-corrected chi connectivity index (χ2v) is 11.3. The lowest BCUT2D eigenvalue weighted by Gasteiger charge is -2.31. The SMILES string of the molecule is CCOc1cc(/C=c2\sc3n(c2=O)[C@@H](c2ccccc2OC)C2=C(N=3)c3ccccc3CC2)cc(I)c1O. The predicted molar refractivity (Wildman–Crippen MR) is 158 cm³/mol. The van der Waals surface area contributed by atoms with Crippen molar-refractivity contribution >= 4 is 45.7 Å². The Morgan fingerprint density at radius 1 is 1.13 bits per heavy atom. The number of fused-ring (bicyclic) bond motifs is 3. The van der Waals surface area contributed by atoms with Crippen molar-refractivity contribution in [2.75, 3.05) is 13.7 Å². The van der Waals surface area contributed by atoms with Crippen LogP contribution in [-0.2, 0) is 6.42 Å². The number of halogens is 1. The Morgan fingerprint density at radius 2 is 1.92 bits per heavy atom. The number of aromatic hydroxyl groups is 1. The summed E-state index contributed by atoms with van der Waals surface area (Å²) in [5, 5.41) is 10.4. The molecule has 2 aliphatic rings. The Bertz CT molecular complexity index is 1790. The maximum Gasteiger partial charge on any atom is 0.271 e. The average Bonchev–Trinajstić information content (AvgIpc) is 3.24. The molecule has 0 fully saturated rings. The summed E-state index contributed by atoms with van der Waals surface area (Å²) in [5.74, 6) is 1.25. The second-order valence-electron chi connectivity index (χ2n) is 9.14. The maximum atomic E-state index is 14.0. The lowest BCUT2D eigenvalue weighted by molar-refractivity contribution is 0.317. The molecule has 0 saturated carbocycles. The van der Waals surface area contributed by atoms with Gasteiger partial charge in [0.25, 0.3) is 5.56 Å². The quantitative estimate of drug-likeness (QED) is 0.312. The summed E-state index contributed by atoms with van der Waals surface area (Å²) in [6.45, 7) is 2.30. The molecule has 1 aliphatic heterocycles. The molecule has 0 spiro atoms. The standard InChI is InChI=1S/C30H25IN2O4S/c1-3-37-24-15-17(14-22(31)28(24)34)16-25-29(35)33-27(20-10-6-7-11-23(20)36-2)21-13-12-18-8-4-5-9-19(18)26(21)32-30(33)38-25/h4-11,14-16,27,34H,3,12-13H2,1-2H3/b25-16-/t27-/m0/s1. The zero-order valence-corrected chi connectivity index (χ0v) is 23.9. The normalized spacial score (nSPS) is 16.4. The van der Waals surface area contributed by atoms with Crippen molar-refractivity contribution < 1.29 is 14.6 Å². The molecule has 4 aromatic rings. The fourth-order valence-electron chi connectivity index (χ4n) is 5.29. The number of phenols is 1. The Balaban J connectivity index is 1.61. The molecule has 38 heavy (non-hydrogen) atoms. The first-order valence-corrected chi connectivity index (χ1v) is 14.3. The number of nitrogens with zero attached hydrogens (tertiary/aromatic N) is 2. The van der Waals surface area contributed by atoms with Gasteiger partial charge in [0.05, 0.1) is 33.6 Å². The van der Waals surface area contributed by atoms with Gasteiger partial charge in [-0.15, -0.1) is 0 Å². The first kappa shape index (κ1) is 24.9. The van der Waals surface area contributed by atoms with Gasteiger partial charge in [-0.2, -0.15) is 0 Å². The molecule has 6 nitrogen and oxygen atoms in total. The third-order valence-electron chi connectivity index (χ3n) is 6.95. The van der Waals surface area contributed by atoms with Crippen LogP contribution in [0.15, 0.2) is 76.0 Å². The average molecular weight is 637 g/mol. The van der Waals surface area contributed by atoms with Crippen LogP contribution in [0, 0.1) is 3.57 Å². The first-order chi connectivity index (χ1) is 18.5. The van der Waals surface area contributed by atoms with E-state index in [0.717, 1.165) is 46.6 Å². The van der Waals surface area contributed by atoms with Crippen LogP contribution in [-0.4, -0.2) is 23.4 Å². The van der Waals surface area contributed by atoms with E-state index in [-0.39, 0.29) is 17.4 Å². The van der Waals surface area contributed by atoms with Crippen LogP contribution < -0.4 is 24.4 Å². The molecule has 8 heteroatoms. The summed E-state index contributed by atoms with van der Waals surface area (Å²) in [4.78, 5) is 19.8. The van der Waals surface area contributed by atoms with Crippen molar-refractivity contribution in [1.82, 2.24) is 4.57 Å². The number of allylic oxidation sites excluding steroid dienone is 1. The summed E-state index contributed by atoms with van der Waals surface area (Å²) in [6.07, 6.45) is 3.56. The number of hydrogen-bond acceptors (Lipinski definition) is 6. The molecule has 3 aromatic carbocycles. The molecule has 1 atom stereocenters. The van der Waals surface area contributed by atoms with Gasteiger partial charge in [-0.05, 0) is 83.3 Å². The van der Waals surface area contributed by atoms with Crippen LogP contribution in [0.4, 0.5) is 0 Å². The highest BCUT2D eigenvalue weighted by Crippen LogP contribution is 2.43. The number of hydrogen-bond donors (Lipinski definition) is 1. The largest absolute Gasteiger partial charge is 0.504 e. The Kier molecular flexibility index (Phi) is 6.61. The summed E-state index contributed by atoms with van der Waals surface area (Å²) >= 11 is 3.45. The summed E-state index contributed by atoms with van der Waals surface area (Å²) < 4.78 is 14.4. The number of thiazole rings is 1. The van der Waals surface area contributed by atoms with Crippen LogP contribution in [0.1, 0.15) is 41.6 Å². The number of aromatic nitrogens is 1. The van der Waals surface area contributed by atoms with E-state index in [9.17, 15) is 9.90 Å². The second kappa shape index (κ2) is 10.1. The van der Waals surface area contributed by atoms with Gasteiger partial charge in [0.1, 0.15) is 5.75 Å². The summed E-state index contributed by atoms with van der Waals surface area (Å²) in [5.41, 5.74) is 6.11. The number of benzene rings is 3. The molecular weight excluding hydrogens is 611 g/mol. The number of para-hydroxylation sites is 1. The van der Waals surface area contributed by atoms with E-state index >= 15 is 0 Å². The minimum absolute atomic E-state index is 0.101.